The maximum atomic E-state index is 13.0. The van der Waals surface area contributed by atoms with Crippen molar-refractivity contribution in [2.75, 3.05) is 13.1 Å². The standard InChI is InChI=1S/C22H26N4O2/c1-3-19-15(2)20(25-24-19)22(27)26-11-7-10-17(14-26)21-23-13-18(28-21)12-16-8-5-4-6-9-16/h4-6,8-9,13,17H,3,7,10-12,14H2,1-2H3,(H,24,25)/t17-/m0/s1. The summed E-state index contributed by atoms with van der Waals surface area (Å²) in [7, 11) is 0. The molecule has 6 nitrogen and oxygen atoms in total. The Hall–Kier alpha value is -2.89. The fourth-order valence-electron chi connectivity index (χ4n) is 3.89. The van der Waals surface area contributed by atoms with Crippen molar-refractivity contribution in [3.8, 4) is 0 Å². The SMILES string of the molecule is CCc1[nH]nc(C(=O)N2CCC[C@H](c3ncc(Cc4ccccc4)o3)C2)c1C. The molecule has 0 bridgehead atoms. The third-order valence-corrected chi connectivity index (χ3v) is 5.52. The summed E-state index contributed by atoms with van der Waals surface area (Å²) in [5.41, 5.74) is 3.71. The number of aryl methyl sites for hydroxylation is 1. The van der Waals surface area contributed by atoms with Gasteiger partial charge < -0.3 is 9.32 Å². The zero-order valence-electron chi connectivity index (χ0n) is 16.4. The van der Waals surface area contributed by atoms with E-state index in [0.717, 1.165) is 55.1 Å². The number of nitrogens with zero attached hydrogens (tertiary/aromatic N) is 3. The molecule has 0 saturated carbocycles. The van der Waals surface area contributed by atoms with Crippen LogP contribution in [0.25, 0.3) is 0 Å². The summed E-state index contributed by atoms with van der Waals surface area (Å²) in [6.07, 6.45) is 5.31. The summed E-state index contributed by atoms with van der Waals surface area (Å²) in [5.74, 6) is 1.72. The van der Waals surface area contributed by atoms with Crippen LogP contribution >= 0.6 is 0 Å². The van der Waals surface area contributed by atoms with Gasteiger partial charge in [0, 0.05) is 30.8 Å². The van der Waals surface area contributed by atoms with Crippen molar-refractivity contribution in [1.29, 1.82) is 0 Å². The number of likely N-dealkylation sites (tertiary alicyclic amines) is 1. The first-order valence-electron chi connectivity index (χ1n) is 9.97. The monoisotopic (exact) mass is 378 g/mol. The Morgan fingerprint density at radius 3 is 2.89 bits per heavy atom. The summed E-state index contributed by atoms with van der Waals surface area (Å²) in [4.78, 5) is 19.4. The van der Waals surface area contributed by atoms with Crippen LogP contribution in [0.5, 0.6) is 0 Å². The van der Waals surface area contributed by atoms with E-state index in [1.54, 1.807) is 0 Å². The van der Waals surface area contributed by atoms with Crippen molar-refractivity contribution in [2.45, 2.75) is 45.4 Å². The summed E-state index contributed by atoms with van der Waals surface area (Å²) >= 11 is 0. The zero-order valence-corrected chi connectivity index (χ0v) is 16.4. The van der Waals surface area contributed by atoms with Crippen LogP contribution in [-0.4, -0.2) is 39.1 Å². The van der Waals surface area contributed by atoms with E-state index in [0.29, 0.717) is 12.2 Å². The van der Waals surface area contributed by atoms with Crippen molar-refractivity contribution in [3.05, 3.63) is 70.7 Å². The van der Waals surface area contributed by atoms with Gasteiger partial charge in [-0.25, -0.2) is 4.98 Å². The Labute approximate surface area is 165 Å². The molecule has 0 radical (unpaired) electrons. The predicted molar refractivity (Wildman–Crippen MR) is 106 cm³/mol. The number of nitrogens with one attached hydrogen (secondary N) is 1. The minimum Gasteiger partial charge on any atom is -0.445 e. The number of rotatable bonds is 5. The second-order valence-electron chi connectivity index (χ2n) is 7.45. The number of carbonyl (C=O) groups excluding carboxylic acids is 1. The van der Waals surface area contributed by atoms with Gasteiger partial charge in [0.1, 0.15) is 5.76 Å². The quantitative estimate of drug-likeness (QED) is 0.731. The van der Waals surface area contributed by atoms with Gasteiger partial charge in [-0.1, -0.05) is 37.3 Å². The van der Waals surface area contributed by atoms with Crippen molar-refractivity contribution >= 4 is 5.91 Å². The van der Waals surface area contributed by atoms with Gasteiger partial charge in [-0.2, -0.15) is 5.10 Å². The molecule has 2 aromatic heterocycles. The van der Waals surface area contributed by atoms with Crippen LogP contribution in [0.4, 0.5) is 0 Å². The molecule has 0 aliphatic carbocycles. The first-order chi connectivity index (χ1) is 13.7. The minimum atomic E-state index is -0.00536. The number of benzene rings is 1. The predicted octanol–water partition coefficient (Wildman–Crippen LogP) is 3.88. The summed E-state index contributed by atoms with van der Waals surface area (Å²) < 4.78 is 6.04. The van der Waals surface area contributed by atoms with Crippen LogP contribution in [0, 0.1) is 6.92 Å². The highest BCUT2D eigenvalue weighted by Gasteiger charge is 2.30. The number of piperidine rings is 1. The summed E-state index contributed by atoms with van der Waals surface area (Å²) in [5, 5.41) is 7.24. The molecule has 0 spiro atoms. The van der Waals surface area contributed by atoms with Gasteiger partial charge >= 0.3 is 0 Å². The number of hydrogen-bond acceptors (Lipinski definition) is 4. The van der Waals surface area contributed by atoms with Gasteiger partial charge in [0.15, 0.2) is 11.6 Å². The Morgan fingerprint density at radius 1 is 1.32 bits per heavy atom. The normalized spacial score (nSPS) is 17.1. The van der Waals surface area contributed by atoms with Crippen LogP contribution in [-0.2, 0) is 12.8 Å². The first-order valence-corrected chi connectivity index (χ1v) is 9.97. The van der Waals surface area contributed by atoms with Crippen molar-refractivity contribution in [2.24, 2.45) is 0 Å². The highest BCUT2D eigenvalue weighted by atomic mass is 16.4. The van der Waals surface area contributed by atoms with Crippen LogP contribution < -0.4 is 0 Å². The van der Waals surface area contributed by atoms with Crippen LogP contribution in [0.2, 0.25) is 0 Å². The lowest BCUT2D eigenvalue weighted by Crippen LogP contribution is -2.39. The van der Waals surface area contributed by atoms with Crippen LogP contribution in [0.1, 0.15) is 64.6 Å². The Morgan fingerprint density at radius 2 is 2.14 bits per heavy atom. The smallest absolute Gasteiger partial charge is 0.274 e. The average molecular weight is 378 g/mol. The number of hydrogen-bond donors (Lipinski definition) is 1. The van der Waals surface area contributed by atoms with Gasteiger partial charge in [0.25, 0.3) is 5.91 Å². The molecule has 1 aliphatic rings. The van der Waals surface area contributed by atoms with Gasteiger partial charge in [0.2, 0.25) is 0 Å². The van der Waals surface area contributed by atoms with E-state index in [-0.39, 0.29) is 11.8 Å². The second kappa shape index (κ2) is 8.00. The van der Waals surface area contributed by atoms with Crippen molar-refractivity contribution in [3.63, 3.8) is 0 Å². The largest absolute Gasteiger partial charge is 0.445 e. The zero-order chi connectivity index (χ0) is 19.5. The van der Waals surface area contributed by atoms with E-state index in [2.05, 4.69) is 34.2 Å². The number of aromatic nitrogens is 3. The second-order valence-corrected chi connectivity index (χ2v) is 7.45. The van der Waals surface area contributed by atoms with Gasteiger partial charge in [-0.15, -0.1) is 0 Å². The molecule has 1 amide bonds. The molecule has 146 valence electrons. The van der Waals surface area contributed by atoms with Gasteiger partial charge in [-0.05, 0) is 31.7 Å². The molecule has 1 saturated heterocycles. The van der Waals surface area contributed by atoms with E-state index >= 15 is 0 Å². The molecule has 1 aromatic carbocycles. The number of oxazole rings is 1. The van der Waals surface area contributed by atoms with E-state index in [1.165, 1.54) is 5.56 Å². The Bertz CT molecular complexity index is 945. The molecule has 3 heterocycles. The molecule has 4 rings (SSSR count). The van der Waals surface area contributed by atoms with E-state index in [9.17, 15) is 4.79 Å². The topological polar surface area (TPSA) is 75.0 Å². The lowest BCUT2D eigenvalue weighted by Gasteiger charge is -2.31. The maximum Gasteiger partial charge on any atom is 0.274 e. The Kier molecular flexibility index (Phi) is 5.28. The molecular weight excluding hydrogens is 352 g/mol. The lowest BCUT2D eigenvalue weighted by atomic mass is 9.97. The molecule has 1 aliphatic heterocycles. The fourth-order valence-corrected chi connectivity index (χ4v) is 3.89. The highest BCUT2D eigenvalue weighted by Crippen LogP contribution is 2.28. The van der Waals surface area contributed by atoms with Crippen LogP contribution in [0.3, 0.4) is 0 Å². The molecular formula is C22H26N4O2. The molecule has 1 N–H and O–H groups in total. The fraction of sp³-hybridized carbons (Fsp3) is 0.409. The average Bonchev–Trinajstić information content (AvgIpc) is 3.35. The number of carbonyl (C=O) groups is 1. The van der Waals surface area contributed by atoms with Gasteiger partial charge in [0.05, 0.1) is 12.1 Å². The summed E-state index contributed by atoms with van der Waals surface area (Å²) in [6, 6.07) is 10.2. The molecule has 1 atom stereocenters. The molecule has 6 heteroatoms. The van der Waals surface area contributed by atoms with E-state index in [1.807, 2.05) is 36.2 Å². The Balaban J connectivity index is 1.45. The molecule has 28 heavy (non-hydrogen) atoms. The molecule has 1 fully saturated rings. The number of H-pyrrole nitrogens is 1. The third kappa shape index (κ3) is 3.72. The highest BCUT2D eigenvalue weighted by molar-refractivity contribution is 5.94. The first kappa shape index (κ1) is 18.5. The lowest BCUT2D eigenvalue weighted by molar-refractivity contribution is 0.0691. The van der Waals surface area contributed by atoms with Crippen LogP contribution in [0.15, 0.2) is 40.9 Å². The van der Waals surface area contributed by atoms with Crippen molar-refractivity contribution in [1.82, 2.24) is 20.1 Å². The molecule has 3 aromatic rings. The van der Waals surface area contributed by atoms with Gasteiger partial charge in [-0.3, -0.25) is 9.89 Å². The summed E-state index contributed by atoms with van der Waals surface area (Å²) in [6.45, 7) is 5.39. The number of amides is 1. The number of aromatic amines is 1. The van der Waals surface area contributed by atoms with E-state index < -0.39 is 0 Å². The van der Waals surface area contributed by atoms with E-state index in [4.69, 9.17) is 4.42 Å². The minimum absolute atomic E-state index is 0.00536. The third-order valence-electron chi connectivity index (χ3n) is 5.52. The maximum absolute atomic E-state index is 13.0. The van der Waals surface area contributed by atoms with Crippen molar-refractivity contribution < 1.29 is 9.21 Å². The molecule has 0 unspecified atom stereocenters.